The SMILES string of the molecule is Cc1ccc(CN2CCN(C(=O)c3c([N+](=O)[O-])cnn3C)CC2)cc1. The van der Waals surface area contributed by atoms with E-state index >= 15 is 0 Å². The summed E-state index contributed by atoms with van der Waals surface area (Å²) < 4.78 is 1.28. The van der Waals surface area contributed by atoms with Crippen LogP contribution in [0.5, 0.6) is 0 Å². The zero-order valence-electron chi connectivity index (χ0n) is 14.4. The normalized spacial score (nSPS) is 15.4. The first-order chi connectivity index (χ1) is 12.0. The molecule has 1 aliphatic rings. The number of nitrogens with zero attached hydrogens (tertiary/aromatic N) is 5. The first-order valence-corrected chi connectivity index (χ1v) is 8.19. The third kappa shape index (κ3) is 3.69. The van der Waals surface area contributed by atoms with Crippen LogP contribution in [0.2, 0.25) is 0 Å². The van der Waals surface area contributed by atoms with Crippen LogP contribution < -0.4 is 0 Å². The Labute approximate surface area is 145 Å². The van der Waals surface area contributed by atoms with Gasteiger partial charge in [-0.25, -0.2) is 0 Å². The van der Waals surface area contributed by atoms with E-state index in [4.69, 9.17) is 0 Å². The summed E-state index contributed by atoms with van der Waals surface area (Å²) in [6.07, 6.45) is 1.13. The molecule has 2 aromatic rings. The number of carbonyl (C=O) groups is 1. The molecule has 0 bridgehead atoms. The molecule has 8 heteroatoms. The summed E-state index contributed by atoms with van der Waals surface area (Å²) in [6.45, 7) is 5.48. The fraction of sp³-hybridized carbons (Fsp3) is 0.412. The molecule has 132 valence electrons. The lowest BCUT2D eigenvalue weighted by Gasteiger charge is -2.34. The number of aromatic nitrogens is 2. The number of rotatable bonds is 4. The van der Waals surface area contributed by atoms with E-state index in [2.05, 4.69) is 41.2 Å². The number of hydrogen-bond acceptors (Lipinski definition) is 5. The van der Waals surface area contributed by atoms with Crippen LogP contribution in [-0.2, 0) is 13.6 Å². The number of nitro groups is 1. The topological polar surface area (TPSA) is 84.5 Å². The van der Waals surface area contributed by atoms with Crippen LogP contribution in [0.25, 0.3) is 0 Å². The number of hydrogen-bond donors (Lipinski definition) is 0. The van der Waals surface area contributed by atoms with Crippen LogP contribution in [0.4, 0.5) is 5.69 Å². The van der Waals surface area contributed by atoms with Crippen molar-refractivity contribution in [3.63, 3.8) is 0 Å². The molecule has 0 atom stereocenters. The Kier molecular flexibility index (Phi) is 4.80. The molecule has 0 aliphatic carbocycles. The second-order valence-electron chi connectivity index (χ2n) is 6.31. The van der Waals surface area contributed by atoms with Gasteiger partial charge in [0.1, 0.15) is 6.20 Å². The van der Waals surface area contributed by atoms with Gasteiger partial charge < -0.3 is 4.90 Å². The van der Waals surface area contributed by atoms with Crippen LogP contribution >= 0.6 is 0 Å². The fourth-order valence-corrected chi connectivity index (χ4v) is 3.02. The van der Waals surface area contributed by atoms with Gasteiger partial charge in [-0.2, -0.15) is 5.10 Å². The zero-order chi connectivity index (χ0) is 18.0. The van der Waals surface area contributed by atoms with Crippen molar-refractivity contribution in [2.45, 2.75) is 13.5 Å². The quantitative estimate of drug-likeness (QED) is 0.622. The van der Waals surface area contributed by atoms with Gasteiger partial charge in [-0.05, 0) is 12.5 Å². The van der Waals surface area contributed by atoms with Crippen molar-refractivity contribution in [1.82, 2.24) is 19.6 Å². The molecule has 0 unspecified atom stereocenters. The van der Waals surface area contributed by atoms with Crippen LogP contribution in [0.15, 0.2) is 30.5 Å². The van der Waals surface area contributed by atoms with E-state index in [9.17, 15) is 14.9 Å². The molecule has 25 heavy (non-hydrogen) atoms. The van der Waals surface area contributed by atoms with Crippen molar-refractivity contribution in [2.24, 2.45) is 7.05 Å². The Balaban J connectivity index is 1.62. The molecule has 1 aliphatic heterocycles. The predicted molar refractivity (Wildman–Crippen MR) is 92.2 cm³/mol. The number of aryl methyl sites for hydroxylation is 2. The van der Waals surface area contributed by atoms with Crippen LogP contribution in [0.1, 0.15) is 21.6 Å². The van der Waals surface area contributed by atoms with Crippen molar-refractivity contribution < 1.29 is 9.72 Å². The summed E-state index contributed by atoms with van der Waals surface area (Å²) >= 11 is 0. The number of carbonyl (C=O) groups excluding carboxylic acids is 1. The van der Waals surface area contributed by atoms with Crippen molar-refractivity contribution >= 4 is 11.6 Å². The highest BCUT2D eigenvalue weighted by molar-refractivity contribution is 5.96. The lowest BCUT2D eigenvalue weighted by molar-refractivity contribution is -0.385. The number of piperazine rings is 1. The summed E-state index contributed by atoms with van der Waals surface area (Å²) in [5.74, 6) is -0.332. The minimum absolute atomic E-state index is 0.0389. The van der Waals surface area contributed by atoms with Crippen LogP contribution in [-0.4, -0.2) is 56.6 Å². The smallest absolute Gasteiger partial charge is 0.320 e. The highest BCUT2D eigenvalue weighted by Gasteiger charge is 2.31. The second-order valence-corrected chi connectivity index (χ2v) is 6.31. The number of benzene rings is 1. The van der Waals surface area contributed by atoms with Crippen LogP contribution in [0, 0.1) is 17.0 Å². The van der Waals surface area contributed by atoms with Gasteiger partial charge in [0, 0.05) is 39.8 Å². The molecule has 2 heterocycles. The highest BCUT2D eigenvalue weighted by Crippen LogP contribution is 2.20. The second kappa shape index (κ2) is 7.02. The van der Waals surface area contributed by atoms with E-state index < -0.39 is 4.92 Å². The molecule has 8 nitrogen and oxygen atoms in total. The largest absolute Gasteiger partial charge is 0.335 e. The molecule has 3 rings (SSSR count). The summed E-state index contributed by atoms with van der Waals surface area (Å²) in [7, 11) is 1.55. The third-order valence-electron chi connectivity index (χ3n) is 4.51. The summed E-state index contributed by atoms with van der Waals surface area (Å²) in [5.41, 5.74) is 2.27. The molecule has 0 radical (unpaired) electrons. The lowest BCUT2D eigenvalue weighted by Crippen LogP contribution is -2.48. The molecular weight excluding hydrogens is 322 g/mol. The maximum absolute atomic E-state index is 12.7. The fourth-order valence-electron chi connectivity index (χ4n) is 3.02. The van der Waals surface area contributed by atoms with Crippen molar-refractivity contribution in [3.8, 4) is 0 Å². The Morgan fingerprint density at radius 1 is 1.20 bits per heavy atom. The Hall–Kier alpha value is -2.74. The Bertz CT molecular complexity index is 776. The van der Waals surface area contributed by atoms with E-state index in [-0.39, 0.29) is 17.3 Å². The third-order valence-corrected chi connectivity index (χ3v) is 4.51. The minimum atomic E-state index is -0.562. The first-order valence-electron chi connectivity index (χ1n) is 8.19. The van der Waals surface area contributed by atoms with Gasteiger partial charge in [0.25, 0.3) is 5.91 Å². The predicted octanol–water partition coefficient (Wildman–Crippen LogP) is 1.59. The molecular formula is C17H21N5O3. The van der Waals surface area contributed by atoms with E-state index in [1.165, 1.54) is 15.8 Å². The van der Waals surface area contributed by atoms with E-state index in [1.807, 2.05) is 0 Å². The monoisotopic (exact) mass is 343 g/mol. The molecule has 0 N–H and O–H groups in total. The number of amides is 1. The maximum Gasteiger partial charge on any atom is 0.320 e. The van der Waals surface area contributed by atoms with Gasteiger partial charge in [0.05, 0.1) is 4.92 Å². The van der Waals surface area contributed by atoms with Crippen molar-refractivity contribution in [1.29, 1.82) is 0 Å². The van der Waals surface area contributed by atoms with Crippen LogP contribution in [0.3, 0.4) is 0 Å². The van der Waals surface area contributed by atoms with Gasteiger partial charge >= 0.3 is 5.69 Å². The average Bonchev–Trinajstić information content (AvgIpc) is 2.99. The van der Waals surface area contributed by atoms with E-state index in [1.54, 1.807) is 11.9 Å². The molecule has 1 saturated heterocycles. The summed E-state index contributed by atoms with van der Waals surface area (Å²) in [4.78, 5) is 27.1. The highest BCUT2D eigenvalue weighted by atomic mass is 16.6. The maximum atomic E-state index is 12.7. The molecule has 1 fully saturated rings. The first kappa shape index (κ1) is 17.1. The summed E-state index contributed by atoms with van der Waals surface area (Å²) in [5, 5.41) is 14.9. The zero-order valence-corrected chi connectivity index (χ0v) is 14.4. The standard InChI is InChI=1S/C17H21N5O3/c1-13-3-5-14(6-4-13)12-20-7-9-21(10-8-20)17(23)16-15(22(24)25)11-18-19(16)2/h3-6,11H,7-10,12H2,1-2H3. The molecule has 1 aromatic carbocycles. The van der Waals surface area contributed by atoms with Gasteiger partial charge in [0.2, 0.25) is 5.69 Å². The van der Waals surface area contributed by atoms with E-state index in [0.717, 1.165) is 25.8 Å². The Morgan fingerprint density at radius 2 is 1.84 bits per heavy atom. The molecule has 1 amide bonds. The van der Waals surface area contributed by atoms with E-state index in [0.29, 0.717) is 13.1 Å². The molecule has 0 spiro atoms. The van der Waals surface area contributed by atoms with Crippen molar-refractivity contribution in [3.05, 3.63) is 57.4 Å². The molecule has 1 aromatic heterocycles. The molecule has 0 saturated carbocycles. The van der Waals surface area contributed by atoms with Gasteiger partial charge in [-0.15, -0.1) is 0 Å². The summed E-state index contributed by atoms with van der Waals surface area (Å²) in [6, 6.07) is 8.42. The van der Waals surface area contributed by atoms with Gasteiger partial charge in [0.15, 0.2) is 0 Å². The van der Waals surface area contributed by atoms with Gasteiger partial charge in [-0.1, -0.05) is 29.8 Å². The minimum Gasteiger partial charge on any atom is -0.335 e. The van der Waals surface area contributed by atoms with Crippen molar-refractivity contribution in [2.75, 3.05) is 26.2 Å². The van der Waals surface area contributed by atoms with Gasteiger partial charge in [-0.3, -0.25) is 24.5 Å². The Morgan fingerprint density at radius 3 is 2.44 bits per heavy atom. The average molecular weight is 343 g/mol. The lowest BCUT2D eigenvalue weighted by atomic mass is 10.1.